The maximum Gasteiger partial charge on any atom is 0.215 e. The number of hydrogen-bond donors (Lipinski definition) is 0. The van der Waals surface area contributed by atoms with E-state index in [4.69, 9.17) is 30.5 Å². The van der Waals surface area contributed by atoms with E-state index in [0.29, 0.717) is 0 Å². The van der Waals surface area contributed by atoms with Crippen LogP contribution in [-0.4, -0.2) is 51.8 Å². The Morgan fingerprint density at radius 2 is 1.43 bits per heavy atom. The van der Waals surface area contributed by atoms with Gasteiger partial charge in [-0.25, -0.2) is 0 Å². The van der Waals surface area contributed by atoms with Gasteiger partial charge in [0, 0.05) is 54.1 Å². The van der Waals surface area contributed by atoms with Crippen molar-refractivity contribution in [2.45, 2.75) is 97.7 Å². The van der Waals surface area contributed by atoms with Crippen LogP contribution in [0.2, 0.25) is 0 Å². The van der Waals surface area contributed by atoms with Crippen LogP contribution in [0.1, 0.15) is 109 Å². The molecule has 264 valence electrons. The maximum atomic E-state index is 7.26. The van der Waals surface area contributed by atoms with Crippen LogP contribution < -0.4 is 14.4 Å². The van der Waals surface area contributed by atoms with E-state index in [2.05, 4.69) is 113 Å². The van der Waals surface area contributed by atoms with Gasteiger partial charge in [-0.3, -0.25) is 0 Å². The molecule has 5 rings (SSSR count). The second-order valence-corrected chi connectivity index (χ2v) is 14.8. The third kappa shape index (κ3) is 6.41. The summed E-state index contributed by atoms with van der Waals surface area (Å²) in [4.78, 5) is 2.43. The van der Waals surface area contributed by atoms with Crippen LogP contribution in [-0.2, 0) is 20.3 Å². The molecule has 0 amide bonds. The summed E-state index contributed by atoms with van der Waals surface area (Å²) < 4.78 is 25.5. The fourth-order valence-electron chi connectivity index (χ4n) is 7.94. The van der Waals surface area contributed by atoms with Crippen molar-refractivity contribution >= 4 is 28.7 Å². The molecule has 6 nitrogen and oxygen atoms in total. The normalized spacial score (nSPS) is 21.2. The standard InChI is InChI=1S/C42H56ClN2O4/c1-13-44-36(41(5,6)34-24-30(48-11)22-32(39(34)44)26(3)46-9)20-18-28-16-15-17-29(38(28)43)19-21-37-42(7,8)35-25-31(49-12)23-33(27(4)47-10)40(35)45(37)14-2/h18-27H,13-17H2,1-12H3/q+1. The van der Waals surface area contributed by atoms with Crippen molar-refractivity contribution in [2.75, 3.05) is 46.4 Å². The van der Waals surface area contributed by atoms with Gasteiger partial charge in [0.1, 0.15) is 18.0 Å². The van der Waals surface area contributed by atoms with E-state index in [-0.39, 0.29) is 23.0 Å². The average molecular weight is 688 g/mol. The number of anilines is 1. The molecule has 2 aliphatic heterocycles. The predicted octanol–water partition coefficient (Wildman–Crippen LogP) is 10.4. The molecule has 2 heterocycles. The molecule has 2 aromatic rings. The zero-order valence-corrected chi connectivity index (χ0v) is 32.5. The van der Waals surface area contributed by atoms with Gasteiger partial charge in [-0.15, -0.1) is 0 Å². The summed E-state index contributed by atoms with van der Waals surface area (Å²) in [5, 5.41) is 0.860. The van der Waals surface area contributed by atoms with E-state index in [1.165, 1.54) is 45.1 Å². The van der Waals surface area contributed by atoms with Crippen LogP contribution in [0, 0.1) is 0 Å². The third-order valence-electron chi connectivity index (χ3n) is 11.0. The number of ether oxygens (including phenoxy) is 4. The Kier molecular flexibility index (Phi) is 10.9. The highest BCUT2D eigenvalue weighted by Crippen LogP contribution is 2.52. The Bertz CT molecular complexity index is 1760. The first kappa shape index (κ1) is 36.9. The lowest BCUT2D eigenvalue weighted by Gasteiger charge is -2.27. The molecule has 7 heteroatoms. The Labute approximate surface area is 299 Å². The summed E-state index contributed by atoms with van der Waals surface area (Å²) in [6, 6.07) is 8.60. The summed E-state index contributed by atoms with van der Waals surface area (Å²) in [6.45, 7) is 19.5. The van der Waals surface area contributed by atoms with Gasteiger partial charge < -0.3 is 23.8 Å². The summed E-state index contributed by atoms with van der Waals surface area (Å²) >= 11 is 7.26. The largest absolute Gasteiger partial charge is 0.497 e. The van der Waals surface area contributed by atoms with E-state index < -0.39 is 0 Å². The fourth-order valence-corrected chi connectivity index (χ4v) is 8.25. The molecule has 3 aliphatic rings. The van der Waals surface area contributed by atoms with Crippen LogP contribution in [0.5, 0.6) is 11.5 Å². The number of rotatable bonds is 11. The van der Waals surface area contributed by atoms with Crippen molar-refractivity contribution in [1.82, 2.24) is 0 Å². The number of fused-ring (bicyclic) bond motifs is 2. The Hall–Kier alpha value is -3.32. The highest BCUT2D eigenvalue weighted by atomic mass is 35.5. The molecule has 0 radical (unpaired) electrons. The molecule has 2 unspecified atom stereocenters. The first-order chi connectivity index (χ1) is 23.3. The fraction of sp³-hybridized carbons (Fsp3) is 0.500. The van der Waals surface area contributed by atoms with Crippen LogP contribution in [0.25, 0.3) is 0 Å². The second kappa shape index (κ2) is 14.5. The zero-order chi connectivity index (χ0) is 35.8. The molecule has 49 heavy (non-hydrogen) atoms. The summed E-state index contributed by atoms with van der Waals surface area (Å²) in [5.41, 5.74) is 11.6. The monoisotopic (exact) mass is 687 g/mol. The topological polar surface area (TPSA) is 43.2 Å². The minimum atomic E-state index is -0.224. The first-order valence-corrected chi connectivity index (χ1v) is 18.1. The Balaban J connectivity index is 1.54. The lowest BCUT2D eigenvalue weighted by Crippen LogP contribution is -2.27. The van der Waals surface area contributed by atoms with Gasteiger partial charge >= 0.3 is 0 Å². The minimum Gasteiger partial charge on any atom is -0.497 e. The molecule has 0 N–H and O–H groups in total. The predicted molar refractivity (Wildman–Crippen MR) is 203 cm³/mol. The molecule has 0 bridgehead atoms. The van der Waals surface area contributed by atoms with E-state index in [1.807, 2.05) is 0 Å². The first-order valence-electron chi connectivity index (χ1n) is 17.7. The number of hydrogen-bond acceptors (Lipinski definition) is 5. The number of benzene rings is 2. The summed E-state index contributed by atoms with van der Waals surface area (Å²) in [5.74, 6) is 1.71. The van der Waals surface area contributed by atoms with Crippen molar-refractivity contribution in [2.24, 2.45) is 0 Å². The molecule has 0 spiro atoms. The quantitative estimate of drug-likeness (QED) is 0.220. The highest BCUT2D eigenvalue weighted by molar-refractivity contribution is 6.32. The van der Waals surface area contributed by atoms with Gasteiger partial charge in [-0.1, -0.05) is 37.6 Å². The average Bonchev–Trinajstić information content (AvgIpc) is 3.46. The van der Waals surface area contributed by atoms with Crippen LogP contribution >= 0.6 is 11.6 Å². The maximum absolute atomic E-state index is 7.26. The van der Waals surface area contributed by atoms with Crippen molar-refractivity contribution in [1.29, 1.82) is 0 Å². The van der Waals surface area contributed by atoms with Crippen LogP contribution in [0.3, 0.4) is 0 Å². The number of nitrogens with zero attached hydrogens (tertiary/aromatic N) is 2. The zero-order valence-electron chi connectivity index (χ0n) is 31.7. The number of methoxy groups -OCH3 is 4. The molecule has 0 aromatic heterocycles. The van der Waals surface area contributed by atoms with Gasteiger partial charge in [0.05, 0.1) is 43.1 Å². The lowest BCUT2D eigenvalue weighted by molar-refractivity contribution is -0.434. The van der Waals surface area contributed by atoms with Gasteiger partial charge in [-0.05, 0) is 108 Å². The van der Waals surface area contributed by atoms with Gasteiger partial charge in [0.25, 0.3) is 0 Å². The second-order valence-electron chi connectivity index (χ2n) is 14.4. The van der Waals surface area contributed by atoms with E-state index in [1.54, 1.807) is 28.4 Å². The molecule has 2 atom stereocenters. The van der Waals surface area contributed by atoms with E-state index >= 15 is 0 Å². The van der Waals surface area contributed by atoms with Gasteiger partial charge in [-0.2, -0.15) is 4.58 Å². The lowest BCUT2D eigenvalue weighted by atomic mass is 9.80. The Morgan fingerprint density at radius 1 is 0.816 bits per heavy atom. The third-order valence-corrected chi connectivity index (χ3v) is 11.5. The van der Waals surface area contributed by atoms with Crippen molar-refractivity contribution in [3.05, 3.63) is 92.7 Å². The van der Waals surface area contributed by atoms with Crippen LogP contribution in [0.4, 0.5) is 11.4 Å². The highest BCUT2D eigenvalue weighted by Gasteiger charge is 2.46. The molecule has 2 aromatic carbocycles. The van der Waals surface area contributed by atoms with E-state index in [0.717, 1.165) is 60.0 Å². The summed E-state index contributed by atoms with van der Waals surface area (Å²) in [7, 11) is 6.99. The molecular weight excluding hydrogens is 632 g/mol. The number of halogens is 1. The summed E-state index contributed by atoms with van der Waals surface area (Å²) in [6.07, 6.45) is 11.9. The smallest absolute Gasteiger partial charge is 0.215 e. The molecule has 0 saturated carbocycles. The molecular formula is C42H56ClN2O4+. The van der Waals surface area contributed by atoms with Crippen LogP contribution in [0.15, 0.2) is 70.4 Å². The van der Waals surface area contributed by atoms with Crippen molar-refractivity contribution in [3.8, 4) is 11.5 Å². The Morgan fingerprint density at radius 3 is 2.02 bits per heavy atom. The SMILES string of the molecule is CCN1/C(=C\C=C2/CCCC(/C=C/C3=[N+](CC)c4c(C(C)OC)cc(OC)cc4C3(C)C)=C2Cl)C(C)(C)c2cc(OC)cc(C(C)OC)c21. The van der Waals surface area contributed by atoms with Crippen molar-refractivity contribution in [3.63, 3.8) is 0 Å². The molecule has 0 fully saturated rings. The number of likely N-dealkylation sites (N-methyl/N-ethyl adjacent to an activating group) is 1. The molecule has 0 saturated heterocycles. The van der Waals surface area contributed by atoms with E-state index in [9.17, 15) is 0 Å². The number of allylic oxidation sites excluding steroid dienone is 8. The van der Waals surface area contributed by atoms with Crippen molar-refractivity contribution < 1.29 is 23.5 Å². The van der Waals surface area contributed by atoms with Gasteiger partial charge in [0.15, 0.2) is 5.71 Å². The van der Waals surface area contributed by atoms with Gasteiger partial charge in [0.2, 0.25) is 5.69 Å². The molecule has 1 aliphatic carbocycles. The minimum absolute atomic E-state index is 0.0624.